The highest BCUT2D eigenvalue weighted by Gasteiger charge is 2.26. The van der Waals surface area contributed by atoms with Crippen LogP contribution in [0.1, 0.15) is 49.5 Å². The SMILES string of the molecule is CC1CCCN(C(N)=NCc2ccc(C(=O)N3CC(C)OC(C)C3)cc2)C1.I. The van der Waals surface area contributed by atoms with Crippen LogP contribution in [-0.2, 0) is 11.3 Å². The monoisotopic (exact) mass is 500 g/mol. The maximum absolute atomic E-state index is 12.7. The second-order valence-corrected chi connectivity index (χ2v) is 8.03. The predicted molar refractivity (Wildman–Crippen MR) is 123 cm³/mol. The number of guanidine groups is 1. The van der Waals surface area contributed by atoms with Gasteiger partial charge in [-0.1, -0.05) is 19.1 Å². The van der Waals surface area contributed by atoms with Crippen LogP contribution < -0.4 is 5.73 Å². The van der Waals surface area contributed by atoms with Crippen LogP contribution in [0.2, 0.25) is 0 Å². The minimum absolute atomic E-state index is 0. The van der Waals surface area contributed by atoms with Crippen molar-refractivity contribution in [2.75, 3.05) is 26.2 Å². The first kappa shape index (κ1) is 22.9. The number of morpholine rings is 1. The largest absolute Gasteiger partial charge is 0.372 e. The number of carbonyl (C=O) groups is 1. The first-order chi connectivity index (χ1) is 12.9. The van der Waals surface area contributed by atoms with Crippen molar-refractivity contribution >= 4 is 35.8 Å². The second kappa shape index (κ2) is 10.4. The minimum atomic E-state index is 0. The Morgan fingerprint density at radius 3 is 2.36 bits per heavy atom. The van der Waals surface area contributed by atoms with Gasteiger partial charge in [-0.2, -0.15) is 0 Å². The van der Waals surface area contributed by atoms with Crippen molar-refractivity contribution in [3.8, 4) is 0 Å². The molecule has 2 aliphatic heterocycles. The first-order valence-corrected chi connectivity index (χ1v) is 10.0. The number of hydrogen-bond donors (Lipinski definition) is 1. The average Bonchev–Trinajstić information content (AvgIpc) is 2.65. The minimum Gasteiger partial charge on any atom is -0.372 e. The van der Waals surface area contributed by atoms with E-state index in [2.05, 4.69) is 16.8 Å². The summed E-state index contributed by atoms with van der Waals surface area (Å²) < 4.78 is 5.71. The number of rotatable bonds is 3. The molecular formula is C21H33IN4O2. The van der Waals surface area contributed by atoms with Crippen LogP contribution in [0.5, 0.6) is 0 Å². The summed E-state index contributed by atoms with van der Waals surface area (Å²) in [7, 11) is 0. The van der Waals surface area contributed by atoms with Gasteiger partial charge in [0, 0.05) is 31.7 Å². The Hall–Kier alpha value is -1.35. The van der Waals surface area contributed by atoms with Gasteiger partial charge in [0.25, 0.3) is 5.91 Å². The van der Waals surface area contributed by atoms with E-state index in [-0.39, 0.29) is 42.1 Å². The third-order valence-electron chi connectivity index (χ3n) is 5.31. The summed E-state index contributed by atoms with van der Waals surface area (Å²) in [6.07, 6.45) is 2.59. The third kappa shape index (κ3) is 6.07. The normalized spacial score (nSPS) is 26.0. The van der Waals surface area contributed by atoms with Crippen molar-refractivity contribution in [3.63, 3.8) is 0 Å². The molecule has 2 aliphatic rings. The Labute approximate surface area is 185 Å². The molecule has 1 amide bonds. The quantitative estimate of drug-likeness (QED) is 0.394. The van der Waals surface area contributed by atoms with Gasteiger partial charge in [0.05, 0.1) is 18.8 Å². The van der Waals surface area contributed by atoms with Gasteiger partial charge in [-0.15, -0.1) is 24.0 Å². The number of halogens is 1. The summed E-state index contributed by atoms with van der Waals surface area (Å²) in [6.45, 7) is 10.1. The second-order valence-electron chi connectivity index (χ2n) is 8.03. The summed E-state index contributed by atoms with van der Waals surface area (Å²) >= 11 is 0. The zero-order valence-corrected chi connectivity index (χ0v) is 19.5. The van der Waals surface area contributed by atoms with E-state index >= 15 is 0 Å². The van der Waals surface area contributed by atoms with Gasteiger partial charge >= 0.3 is 0 Å². The number of nitrogens with two attached hydrogens (primary N) is 1. The summed E-state index contributed by atoms with van der Waals surface area (Å²) in [4.78, 5) is 21.3. The lowest BCUT2D eigenvalue weighted by molar-refractivity contribution is -0.0586. The number of ether oxygens (including phenoxy) is 1. The highest BCUT2D eigenvalue weighted by molar-refractivity contribution is 14.0. The Bertz CT molecular complexity index is 669. The Morgan fingerprint density at radius 2 is 1.75 bits per heavy atom. The lowest BCUT2D eigenvalue weighted by atomic mass is 10.0. The van der Waals surface area contributed by atoms with Gasteiger partial charge in [0.1, 0.15) is 0 Å². The van der Waals surface area contributed by atoms with Crippen LogP contribution in [-0.4, -0.2) is 60.1 Å². The van der Waals surface area contributed by atoms with Crippen molar-refractivity contribution in [3.05, 3.63) is 35.4 Å². The fraction of sp³-hybridized carbons (Fsp3) is 0.619. The highest BCUT2D eigenvalue weighted by atomic mass is 127. The highest BCUT2D eigenvalue weighted by Crippen LogP contribution is 2.17. The molecule has 2 fully saturated rings. The Balaban J connectivity index is 0.00000280. The number of piperidine rings is 1. The molecule has 2 heterocycles. The molecule has 1 aromatic rings. The van der Waals surface area contributed by atoms with E-state index in [9.17, 15) is 4.79 Å². The van der Waals surface area contributed by atoms with Gasteiger partial charge in [-0.05, 0) is 50.3 Å². The van der Waals surface area contributed by atoms with E-state index in [4.69, 9.17) is 10.5 Å². The Kier molecular flexibility index (Phi) is 8.55. The predicted octanol–water partition coefficient (Wildman–Crippen LogP) is 3.10. The molecule has 2 N–H and O–H groups in total. The van der Waals surface area contributed by atoms with Crippen molar-refractivity contribution in [2.45, 2.75) is 52.4 Å². The van der Waals surface area contributed by atoms with Crippen molar-refractivity contribution in [2.24, 2.45) is 16.6 Å². The average molecular weight is 500 g/mol. The number of likely N-dealkylation sites (tertiary alicyclic amines) is 1. The maximum atomic E-state index is 12.7. The fourth-order valence-corrected chi connectivity index (χ4v) is 3.95. The lowest BCUT2D eigenvalue weighted by Gasteiger charge is -2.35. The van der Waals surface area contributed by atoms with E-state index < -0.39 is 0 Å². The van der Waals surface area contributed by atoms with Gasteiger partial charge in [-0.3, -0.25) is 4.79 Å². The summed E-state index contributed by atoms with van der Waals surface area (Å²) in [5, 5.41) is 0. The number of aliphatic imine (C=N–C) groups is 1. The molecule has 0 radical (unpaired) electrons. The van der Waals surface area contributed by atoms with E-state index in [0.29, 0.717) is 37.1 Å². The third-order valence-corrected chi connectivity index (χ3v) is 5.31. The van der Waals surface area contributed by atoms with Crippen LogP contribution in [0.25, 0.3) is 0 Å². The molecule has 0 saturated carbocycles. The zero-order valence-electron chi connectivity index (χ0n) is 17.1. The molecular weight excluding hydrogens is 467 g/mol. The number of benzene rings is 1. The van der Waals surface area contributed by atoms with Crippen molar-refractivity contribution in [1.82, 2.24) is 9.80 Å². The topological polar surface area (TPSA) is 71.2 Å². The summed E-state index contributed by atoms with van der Waals surface area (Å²) in [5.41, 5.74) is 7.93. The zero-order chi connectivity index (χ0) is 19.4. The standard InChI is InChI=1S/C21H32N4O2.HI/c1-15-5-4-10-24(12-15)21(22)23-11-18-6-8-19(9-7-18)20(26)25-13-16(2)27-17(3)14-25;/h6-9,15-17H,4-5,10-14H2,1-3H3,(H2,22,23);1H. The molecule has 3 atom stereocenters. The number of nitrogens with zero attached hydrogens (tertiary/aromatic N) is 3. The lowest BCUT2D eigenvalue weighted by Crippen LogP contribution is -2.48. The van der Waals surface area contributed by atoms with Crippen LogP contribution in [0.15, 0.2) is 29.3 Å². The van der Waals surface area contributed by atoms with E-state index in [1.165, 1.54) is 12.8 Å². The number of hydrogen-bond acceptors (Lipinski definition) is 3. The fourth-order valence-electron chi connectivity index (χ4n) is 3.95. The smallest absolute Gasteiger partial charge is 0.254 e. The van der Waals surface area contributed by atoms with Crippen LogP contribution >= 0.6 is 24.0 Å². The molecule has 0 spiro atoms. The number of amides is 1. The van der Waals surface area contributed by atoms with Crippen molar-refractivity contribution in [1.29, 1.82) is 0 Å². The molecule has 1 aromatic carbocycles. The molecule has 6 nitrogen and oxygen atoms in total. The first-order valence-electron chi connectivity index (χ1n) is 10.0. The summed E-state index contributed by atoms with van der Waals surface area (Å²) in [5.74, 6) is 1.36. The van der Waals surface area contributed by atoms with Crippen LogP contribution in [0, 0.1) is 5.92 Å². The van der Waals surface area contributed by atoms with Gasteiger partial charge in [0.15, 0.2) is 5.96 Å². The van der Waals surface area contributed by atoms with E-state index in [1.807, 2.05) is 43.0 Å². The van der Waals surface area contributed by atoms with Crippen LogP contribution in [0.4, 0.5) is 0 Å². The van der Waals surface area contributed by atoms with Gasteiger partial charge in [-0.25, -0.2) is 4.99 Å². The molecule has 3 unspecified atom stereocenters. The molecule has 7 heteroatoms. The molecule has 0 aromatic heterocycles. The van der Waals surface area contributed by atoms with Gasteiger partial charge < -0.3 is 20.3 Å². The Morgan fingerprint density at radius 1 is 1.11 bits per heavy atom. The maximum Gasteiger partial charge on any atom is 0.254 e. The number of carbonyl (C=O) groups excluding carboxylic acids is 1. The molecule has 2 saturated heterocycles. The van der Waals surface area contributed by atoms with E-state index in [1.54, 1.807) is 0 Å². The molecule has 3 rings (SSSR count). The molecule has 28 heavy (non-hydrogen) atoms. The van der Waals surface area contributed by atoms with Crippen LogP contribution in [0.3, 0.4) is 0 Å². The summed E-state index contributed by atoms with van der Waals surface area (Å²) in [6, 6.07) is 7.71. The van der Waals surface area contributed by atoms with Gasteiger partial charge in [0.2, 0.25) is 0 Å². The molecule has 0 aliphatic carbocycles. The molecule has 0 bridgehead atoms. The van der Waals surface area contributed by atoms with Crippen molar-refractivity contribution < 1.29 is 9.53 Å². The molecule has 156 valence electrons. The van der Waals surface area contributed by atoms with E-state index in [0.717, 1.165) is 18.7 Å².